The van der Waals surface area contributed by atoms with Crippen molar-refractivity contribution in [2.24, 2.45) is 0 Å². The molecule has 1 saturated carbocycles. The van der Waals surface area contributed by atoms with Crippen molar-refractivity contribution >= 4 is 36.2 Å². The summed E-state index contributed by atoms with van der Waals surface area (Å²) in [6.45, 7) is 5.30. The van der Waals surface area contributed by atoms with Crippen LogP contribution in [0.4, 0.5) is 11.4 Å². The van der Waals surface area contributed by atoms with Crippen molar-refractivity contribution in [3.63, 3.8) is 0 Å². The van der Waals surface area contributed by atoms with Gasteiger partial charge in [0.05, 0.1) is 12.2 Å². The predicted octanol–water partition coefficient (Wildman–Crippen LogP) is 4.60. The number of piperazine rings is 1. The lowest BCUT2D eigenvalue weighted by Gasteiger charge is -2.45. The number of hydrogen-bond acceptors (Lipinski definition) is 4. The van der Waals surface area contributed by atoms with Crippen LogP contribution in [-0.2, 0) is 16.9 Å². The monoisotopic (exact) mass is 435 g/mol. The van der Waals surface area contributed by atoms with Gasteiger partial charge in [0.15, 0.2) is 0 Å². The molecule has 4 nitrogen and oxygen atoms in total. The first kappa shape index (κ1) is 22.2. The van der Waals surface area contributed by atoms with Gasteiger partial charge in [-0.05, 0) is 61.1 Å². The number of nitrogens with two attached hydrogens (primary N) is 1. The molecule has 29 heavy (non-hydrogen) atoms. The summed E-state index contributed by atoms with van der Waals surface area (Å²) >= 11 is 0. The van der Waals surface area contributed by atoms with Gasteiger partial charge >= 0.3 is 0 Å². The molecule has 0 radical (unpaired) electrons. The van der Waals surface area contributed by atoms with Crippen LogP contribution in [0.5, 0.6) is 0 Å². The molecule has 1 saturated heterocycles. The fourth-order valence-corrected chi connectivity index (χ4v) is 5.26. The van der Waals surface area contributed by atoms with E-state index < -0.39 is 0 Å². The van der Waals surface area contributed by atoms with E-state index in [4.69, 9.17) is 10.5 Å². The minimum absolute atomic E-state index is 0. The quantitative estimate of drug-likeness (QED) is 0.699. The second-order valence-corrected chi connectivity index (χ2v) is 8.29. The Hall–Kier alpha value is -1.46. The van der Waals surface area contributed by atoms with E-state index in [1.54, 1.807) is 0 Å². The second-order valence-electron chi connectivity index (χ2n) is 8.29. The van der Waals surface area contributed by atoms with Gasteiger partial charge in [-0.3, -0.25) is 4.90 Å². The molecule has 0 aromatic heterocycles. The van der Waals surface area contributed by atoms with Crippen LogP contribution in [-0.4, -0.2) is 37.1 Å². The van der Waals surface area contributed by atoms with Crippen molar-refractivity contribution in [3.05, 3.63) is 59.7 Å². The molecule has 2 heterocycles. The highest BCUT2D eigenvalue weighted by Gasteiger charge is 2.43. The van der Waals surface area contributed by atoms with Gasteiger partial charge in [0.1, 0.15) is 0 Å². The topological polar surface area (TPSA) is 41.7 Å². The molecule has 0 atom stereocenters. The standard InChI is InChI=1S/C23H29N3O.2ClH/c24-19-5-7-20(8-6-19)25-13-15-26(16-14-25)21-9-11-23(12-10-21)22-4-2-1-3-18(22)17-27-23;;/h1-8,21H,9-17,24H2;2*1H. The number of anilines is 2. The number of halogens is 2. The second kappa shape index (κ2) is 9.13. The molecule has 0 bridgehead atoms. The van der Waals surface area contributed by atoms with Crippen molar-refractivity contribution in [2.75, 3.05) is 36.8 Å². The minimum Gasteiger partial charge on any atom is -0.399 e. The lowest BCUT2D eigenvalue weighted by atomic mass is 9.77. The van der Waals surface area contributed by atoms with Crippen molar-refractivity contribution in [1.29, 1.82) is 0 Å². The van der Waals surface area contributed by atoms with Gasteiger partial charge in [-0.2, -0.15) is 0 Å². The van der Waals surface area contributed by atoms with Gasteiger partial charge < -0.3 is 15.4 Å². The number of nitrogen functional groups attached to an aromatic ring is 1. The number of rotatable bonds is 2. The Balaban J connectivity index is 0.00000120. The van der Waals surface area contributed by atoms with Gasteiger partial charge in [0.2, 0.25) is 0 Å². The average Bonchev–Trinajstić information content (AvgIpc) is 3.08. The van der Waals surface area contributed by atoms with Crippen LogP contribution in [0.1, 0.15) is 36.8 Å². The Morgan fingerprint density at radius 2 is 1.52 bits per heavy atom. The summed E-state index contributed by atoms with van der Waals surface area (Å²) in [6, 6.07) is 17.8. The van der Waals surface area contributed by atoms with Gasteiger partial charge in [-0.1, -0.05) is 24.3 Å². The van der Waals surface area contributed by atoms with E-state index in [2.05, 4.69) is 46.2 Å². The zero-order valence-electron chi connectivity index (χ0n) is 16.8. The first-order chi connectivity index (χ1) is 13.2. The molecule has 5 rings (SSSR count). The van der Waals surface area contributed by atoms with E-state index in [0.717, 1.165) is 51.3 Å². The van der Waals surface area contributed by atoms with Gasteiger partial charge in [-0.15, -0.1) is 24.8 Å². The summed E-state index contributed by atoms with van der Waals surface area (Å²) in [5.41, 5.74) is 10.8. The fraction of sp³-hybridized carbons (Fsp3) is 0.478. The molecule has 2 aliphatic heterocycles. The molecule has 1 spiro atoms. The van der Waals surface area contributed by atoms with E-state index in [0.29, 0.717) is 6.04 Å². The lowest BCUT2D eigenvalue weighted by Crippen LogP contribution is -2.52. The molecule has 0 amide bonds. The number of fused-ring (bicyclic) bond motifs is 2. The summed E-state index contributed by atoms with van der Waals surface area (Å²) in [5, 5.41) is 0. The van der Waals surface area contributed by atoms with Crippen LogP contribution in [0.3, 0.4) is 0 Å². The highest BCUT2D eigenvalue weighted by molar-refractivity contribution is 5.85. The van der Waals surface area contributed by atoms with Gasteiger partial charge in [0, 0.05) is 43.6 Å². The predicted molar refractivity (Wildman–Crippen MR) is 124 cm³/mol. The maximum absolute atomic E-state index is 6.34. The summed E-state index contributed by atoms with van der Waals surface area (Å²) < 4.78 is 6.34. The van der Waals surface area contributed by atoms with E-state index in [9.17, 15) is 0 Å². The lowest BCUT2D eigenvalue weighted by molar-refractivity contribution is -0.0777. The normalized spacial score (nSPS) is 26.5. The molecule has 158 valence electrons. The zero-order chi connectivity index (χ0) is 18.3. The molecule has 1 aliphatic carbocycles. The first-order valence-electron chi connectivity index (χ1n) is 10.3. The largest absolute Gasteiger partial charge is 0.399 e. The third-order valence-corrected chi connectivity index (χ3v) is 6.86. The third-order valence-electron chi connectivity index (χ3n) is 6.86. The summed E-state index contributed by atoms with van der Waals surface area (Å²) in [6.07, 6.45) is 4.81. The zero-order valence-corrected chi connectivity index (χ0v) is 18.4. The Kier molecular flexibility index (Phi) is 7.00. The molecule has 2 N–H and O–H groups in total. The maximum Gasteiger partial charge on any atom is 0.0940 e. The number of nitrogens with zero attached hydrogens (tertiary/aromatic N) is 2. The maximum atomic E-state index is 6.34. The van der Waals surface area contributed by atoms with E-state index in [1.165, 1.54) is 29.7 Å². The number of hydrogen-bond donors (Lipinski definition) is 1. The van der Waals surface area contributed by atoms with Crippen LogP contribution >= 0.6 is 24.8 Å². The summed E-state index contributed by atoms with van der Waals surface area (Å²) in [4.78, 5) is 5.19. The number of ether oxygens (including phenoxy) is 1. The highest BCUT2D eigenvalue weighted by atomic mass is 35.5. The molecule has 2 aromatic carbocycles. The molecular weight excluding hydrogens is 405 g/mol. The van der Waals surface area contributed by atoms with E-state index in [-0.39, 0.29) is 30.4 Å². The molecule has 3 aliphatic rings. The van der Waals surface area contributed by atoms with E-state index in [1.807, 2.05) is 12.1 Å². The van der Waals surface area contributed by atoms with Crippen molar-refractivity contribution in [2.45, 2.75) is 43.9 Å². The van der Waals surface area contributed by atoms with Crippen LogP contribution in [0.25, 0.3) is 0 Å². The molecule has 6 heteroatoms. The molecule has 2 fully saturated rings. The Morgan fingerprint density at radius 1 is 0.862 bits per heavy atom. The van der Waals surface area contributed by atoms with Gasteiger partial charge in [-0.25, -0.2) is 0 Å². The van der Waals surface area contributed by atoms with Crippen LogP contribution in [0.15, 0.2) is 48.5 Å². The van der Waals surface area contributed by atoms with Crippen LogP contribution in [0.2, 0.25) is 0 Å². The SMILES string of the molecule is Cl.Cl.Nc1ccc(N2CCN(C3CCC4(CC3)OCc3ccccc34)CC2)cc1. The minimum atomic E-state index is -0.00111. The highest BCUT2D eigenvalue weighted by Crippen LogP contribution is 2.47. The molecule has 0 unspecified atom stereocenters. The van der Waals surface area contributed by atoms with Crippen molar-refractivity contribution in [1.82, 2.24) is 4.90 Å². The summed E-state index contributed by atoms with van der Waals surface area (Å²) in [7, 11) is 0. The fourth-order valence-electron chi connectivity index (χ4n) is 5.26. The van der Waals surface area contributed by atoms with E-state index >= 15 is 0 Å². The van der Waals surface area contributed by atoms with Crippen molar-refractivity contribution in [3.8, 4) is 0 Å². The average molecular weight is 436 g/mol. The van der Waals surface area contributed by atoms with Crippen LogP contribution < -0.4 is 10.6 Å². The Labute approximate surface area is 186 Å². The number of benzene rings is 2. The third kappa shape index (κ3) is 4.22. The Bertz CT molecular complexity index is 798. The molecule has 2 aromatic rings. The van der Waals surface area contributed by atoms with Crippen molar-refractivity contribution < 1.29 is 4.74 Å². The van der Waals surface area contributed by atoms with Crippen LogP contribution in [0, 0.1) is 0 Å². The Morgan fingerprint density at radius 3 is 2.21 bits per heavy atom. The van der Waals surface area contributed by atoms with Gasteiger partial charge in [0.25, 0.3) is 0 Å². The first-order valence-corrected chi connectivity index (χ1v) is 10.3. The summed E-state index contributed by atoms with van der Waals surface area (Å²) in [5.74, 6) is 0. The smallest absolute Gasteiger partial charge is 0.0940 e. The molecular formula is C23H31Cl2N3O.